The van der Waals surface area contributed by atoms with Gasteiger partial charge in [0.1, 0.15) is 11.9 Å². The van der Waals surface area contributed by atoms with E-state index in [-0.39, 0.29) is 11.9 Å². The van der Waals surface area contributed by atoms with Crippen molar-refractivity contribution in [2.24, 2.45) is 0 Å². The Balaban J connectivity index is 1.67. The summed E-state index contributed by atoms with van der Waals surface area (Å²) < 4.78 is 5.75. The first kappa shape index (κ1) is 14.4. The van der Waals surface area contributed by atoms with Crippen LogP contribution in [0.5, 0.6) is 5.75 Å². The van der Waals surface area contributed by atoms with E-state index in [1.54, 1.807) is 0 Å². The molecule has 0 aromatic heterocycles. The number of nitrogens with zero attached hydrogens (tertiary/aromatic N) is 1. The van der Waals surface area contributed by atoms with Gasteiger partial charge in [0, 0.05) is 5.56 Å². The number of likely N-dealkylation sites (tertiary alicyclic amines) is 1. The van der Waals surface area contributed by atoms with Gasteiger partial charge in [0.2, 0.25) is 0 Å². The fourth-order valence-corrected chi connectivity index (χ4v) is 3.05. The van der Waals surface area contributed by atoms with Gasteiger partial charge >= 0.3 is 0 Å². The minimum absolute atomic E-state index is 0.177. The molecule has 1 aromatic rings. The molecule has 2 aliphatic rings. The lowest BCUT2D eigenvalue weighted by Crippen LogP contribution is -2.31. The number of Topliss-reactive ketones (excluding diaryl/α,β-unsaturated/α-hetero) is 1. The van der Waals surface area contributed by atoms with Gasteiger partial charge in [-0.25, -0.2) is 0 Å². The lowest BCUT2D eigenvalue weighted by molar-refractivity contribution is 0.0933. The molecular weight excluding hydrogens is 264 g/mol. The van der Waals surface area contributed by atoms with Gasteiger partial charge in [0.05, 0.1) is 18.8 Å². The number of benzene rings is 1. The van der Waals surface area contributed by atoms with Crippen molar-refractivity contribution in [1.82, 2.24) is 4.90 Å². The molecule has 3 rings (SSSR count). The largest absolute Gasteiger partial charge is 0.487 e. The van der Waals surface area contributed by atoms with Crippen LogP contribution in [-0.2, 0) is 0 Å². The van der Waals surface area contributed by atoms with Crippen LogP contribution < -0.4 is 10.1 Å². The highest BCUT2D eigenvalue weighted by atomic mass is 16.5. The van der Waals surface area contributed by atoms with Gasteiger partial charge in [-0.2, -0.15) is 0 Å². The number of rotatable bonds is 3. The van der Waals surface area contributed by atoms with Gasteiger partial charge in [0.25, 0.3) is 0 Å². The van der Waals surface area contributed by atoms with Gasteiger partial charge in [0.15, 0.2) is 5.78 Å². The van der Waals surface area contributed by atoms with Gasteiger partial charge in [-0.05, 0) is 51.1 Å². The van der Waals surface area contributed by atoms with E-state index in [9.17, 15) is 4.79 Å². The Hall–Kier alpha value is -1.55. The molecule has 1 aromatic carbocycles. The fourth-order valence-electron chi connectivity index (χ4n) is 3.05. The Bertz CT molecular complexity index is 508. The zero-order valence-electron chi connectivity index (χ0n) is 12.7. The molecule has 0 radical (unpaired) electrons. The topological polar surface area (TPSA) is 41.6 Å². The number of ether oxygens (including phenoxy) is 1. The maximum absolute atomic E-state index is 12.5. The average Bonchev–Trinajstić information content (AvgIpc) is 2.75. The Labute approximate surface area is 126 Å². The minimum Gasteiger partial charge on any atom is -0.487 e. The zero-order valence-corrected chi connectivity index (χ0v) is 12.7. The predicted octanol–water partition coefficient (Wildman–Crippen LogP) is 2.94. The predicted molar refractivity (Wildman–Crippen MR) is 84.3 cm³/mol. The van der Waals surface area contributed by atoms with E-state index < -0.39 is 0 Å². The molecule has 1 fully saturated rings. The van der Waals surface area contributed by atoms with E-state index in [4.69, 9.17) is 4.74 Å². The smallest absolute Gasteiger partial charge is 0.176 e. The second-order valence-electron chi connectivity index (χ2n) is 6.13. The number of carbonyl (C=O) groups is 1. The molecule has 1 atom stereocenters. The van der Waals surface area contributed by atoms with Gasteiger partial charge in [-0.3, -0.25) is 9.69 Å². The lowest BCUT2D eigenvalue weighted by Gasteiger charge is -2.25. The highest BCUT2D eigenvalue weighted by molar-refractivity contribution is 5.98. The number of anilines is 1. The third-order valence-electron chi connectivity index (χ3n) is 4.28. The van der Waals surface area contributed by atoms with Crippen molar-refractivity contribution in [3.63, 3.8) is 0 Å². The summed E-state index contributed by atoms with van der Waals surface area (Å²) in [7, 11) is 0. The molecule has 4 nitrogen and oxygen atoms in total. The number of hydrogen-bond acceptors (Lipinski definition) is 4. The van der Waals surface area contributed by atoms with Crippen LogP contribution in [0.4, 0.5) is 5.69 Å². The van der Waals surface area contributed by atoms with Crippen molar-refractivity contribution in [2.75, 3.05) is 31.5 Å². The molecule has 0 saturated carbocycles. The first-order valence-corrected chi connectivity index (χ1v) is 8.02. The molecule has 0 amide bonds. The lowest BCUT2D eigenvalue weighted by atomic mass is 10.1. The highest BCUT2D eigenvalue weighted by Gasteiger charge is 2.19. The van der Waals surface area contributed by atoms with Crippen molar-refractivity contribution >= 4 is 11.5 Å². The zero-order chi connectivity index (χ0) is 14.7. The summed E-state index contributed by atoms with van der Waals surface area (Å²) >= 11 is 0. The number of nitrogens with one attached hydrogen (secondary N) is 1. The maximum Gasteiger partial charge on any atom is 0.176 e. The van der Waals surface area contributed by atoms with Crippen molar-refractivity contribution in [1.29, 1.82) is 0 Å². The summed E-state index contributed by atoms with van der Waals surface area (Å²) in [6.07, 6.45) is 5.19. The number of ketones is 1. The monoisotopic (exact) mass is 288 g/mol. The van der Waals surface area contributed by atoms with E-state index in [2.05, 4.69) is 10.2 Å². The van der Waals surface area contributed by atoms with E-state index >= 15 is 0 Å². The molecule has 4 heteroatoms. The van der Waals surface area contributed by atoms with Crippen molar-refractivity contribution in [3.05, 3.63) is 23.8 Å². The van der Waals surface area contributed by atoms with Gasteiger partial charge < -0.3 is 10.1 Å². The standard InChI is InChI=1S/C17H24N2O2/c1-13-11-18-15-10-14(6-7-17(15)21-13)16(20)12-19-8-4-2-3-5-9-19/h6-7,10,13,18H,2-5,8-9,11-12H2,1H3. The second-order valence-corrected chi connectivity index (χ2v) is 6.13. The molecule has 1 saturated heterocycles. The molecule has 1 unspecified atom stereocenters. The van der Waals surface area contributed by atoms with Crippen LogP contribution >= 0.6 is 0 Å². The summed E-state index contributed by atoms with van der Waals surface area (Å²) in [4.78, 5) is 14.8. The molecule has 0 bridgehead atoms. The quantitative estimate of drug-likeness (QED) is 0.868. The summed E-state index contributed by atoms with van der Waals surface area (Å²) in [6, 6.07) is 5.73. The second kappa shape index (κ2) is 6.48. The maximum atomic E-state index is 12.5. The van der Waals surface area contributed by atoms with Crippen molar-refractivity contribution < 1.29 is 9.53 Å². The van der Waals surface area contributed by atoms with Crippen LogP contribution in [0.2, 0.25) is 0 Å². The molecular formula is C17H24N2O2. The van der Waals surface area contributed by atoms with Crippen LogP contribution in [0, 0.1) is 0 Å². The van der Waals surface area contributed by atoms with Crippen LogP contribution in [-0.4, -0.2) is 43.0 Å². The van der Waals surface area contributed by atoms with Crippen LogP contribution in [0.3, 0.4) is 0 Å². The van der Waals surface area contributed by atoms with E-state index in [0.29, 0.717) is 6.54 Å². The SMILES string of the molecule is CC1CNc2cc(C(=O)CN3CCCCCC3)ccc2O1. The first-order chi connectivity index (χ1) is 10.2. The van der Waals surface area contributed by atoms with Crippen LogP contribution in [0.1, 0.15) is 43.0 Å². The van der Waals surface area contributed by atoms with Crippen molar-refractivity contribution in [2.45, 2.75) is 38.7 Å². The Morgan fingerprint density at radius 2 is 2.05 bits per heavy atom. The third kappa shape index (κ3) is 3.56. The molecule has 114 valence electrons. The number of fused-ring (bicyclic) bond motifs is 1. The summed E-state index contributed by atoms with van der Waals surface area (Å²) in [5, 5.41) is 3.33. The highest BCUT2D eigenvalue weighted by Crippen LogP contribution is 2.30. The Morgan fingerprint density at radius 1 is 1.29 bits per heavy atom. The Kier molecular flexibility index (Phi) is 4.44. The van der Waals surface area contributed by atoms with E-state index in [0.717, 1.165) is 36.6 Å². The van der Waals surface area contributed by atoms with E-state index in [1.165, 1.54) is 25.7 Å². The summed E-state index contributed by atoms with van der Waals surface area (Å²) in [5.41, 5.74) is 1.72. The average molecular weight is 288 g/mol. The van der Waals surface area contributed by atoms with E-state index in [1.807, 2.05) is 25.1 Å². The normalized spacial score (nSPS) is 22.6. The molecule has 2 heterocycles. The summed E-state index contributed by atoms with van der Waals surface area (Å²) in [6.45, 7) is 5.46. The minimum atomic E-state index is 0.177. The number of hydrogen-bond donors (Lipinski definition) is 1. The molecule has 21 heavy (non-hydrogen) atoms. The fraction of sp³-hybridized carbons (Fsp3) is 0.588. The van der Waals surface area contributed by atoms with Crippen LogP contribution in [0.15, 0.2) is 18.2 Å². The van der Waals surface area contributed by atoms with Gasteiger partial charge in [-0.1, -0.05) is 12.8 Å². The first-order valence-electron chi connectivity index (χ1n) is 8.02. The Morgan fingerprint density at radius 3 is 2.81 bits per heavy atom. The summed E-state index contributed by atoms with van der Waals surface area (Å²) in [5.74, 6) is 1.06. The van der Waals surface area contributed by atoms with Crippen LogP contribution in [0.25, 0.3) is 0 Å². The molecule has 0 aliphatic carbocycles. The number of carbonyl (C=O) groups excluding carboxylic acids is 1. The molecule has 1 N–H and O–H groups in total. The third-order valence-corrected chi connectivity index (χ3v) is 4.28. The van der Waals surface area contributed by atoms with Gasteiger partial charge in [-0.15, -0.1) is 0 Å². The molecule has 2 aliphatic heterocycles. The molecule has 0 spiro atoms. The van der Waals surface area contributed by atoms with Crippen molar-refractivity contribution in [3.8, 4) is 5.75 Å².